The summed E-state index contributed by atoms with van der Waals surface area (Å²) in [5.41, 5.74) is -0.513. The summed E-state index contributed by atoms with van der Waals surface area (Å²) in [6.45, 7) is 0. The Hall–Kier alpha value is -1.74. The molecule has 1 aliphatic heterocycles. The molecule has 0 radical (unpaired) electrons. The van der Waals surface area contributed by atoms with Crippen molar-refractivity contribution in [1.82, 2.24) is 9.13 Å². The maximum absolute atomic E-state index is 12.0. The number of aromatic nitrogens is 2. The van der Waals surface area contributed by atoms with Gasteiger partial charge in [0.2, 0.25) is 5.88 Å². The number of aliphatic imine (C=N–C) groups is 1. The third kappa shape index (κ3) is 2.59. The Morgan fingerprint density at radius 1 is 1.45 bits per heavy atom. The summed E-state index contributed by atoms with van der Waals surface area (Å²) in [4.78, 5) is 16.0. The van der Waals surface area contributed by atoms with Crippen LogP contribution in [0.4, 0.5) is 0 Å². The monoisotopic (exact) mass is 315 g/mol. The molecular weight excluding hydrogens is 302 g/mol. The first-order valence-corrected chi connectivity index (χ1v) is 7.78. The Balaban J connectivity index is 2.44. The van der Waals surface area contributed by atoms with Gasteiger partial charge in [0, 0.05) is 25.7 Å². The van der Waals surface area contributed by atoms with Gasteiger partial charge in [0.25, 0.3) is 5.56 Å². The maximum Gasteiger partial charge on any atom is 0.266 e. The van der Waals surface area contributed by atoms with E-state index in [-0.39, 0.29) is 22.0 Å². The molecular formula is C11H13N3O4S2. The normalized spacial score (nSPS) is 20.8. The Bertz CT molecular complexity index is 830. The van der Waals surface area contributed by atoms with Gasteiger partial charge in [-0.15, -0.1) is 0 Å². The number of nitrogens with zero attached hydrogens (tertiary/aromatic N) is 3. The molecule has 0 aliphatic carbocycles. The van der Waals surface area contributed by atoms with E-state index in [1.807, 2.05) is 0 Å². The smallest absolute Gasteiger partial charge is 0.266 e. The molecule has 0 saturated heterocycles. The van der Waals surface area contributed by atoms with Crippen LogP contribution in [-0.4, -0.2) is 40.7 Å². The number of sulfone groups is 1. The molecule has 7 nitrogen and oxygen atoms in total. The van der Waals surface area contributed by atoms with Gasteiger partial charge in [0.15, 0.2) is 14.6 Å². The second kappa shape index (κ2) is 4.98. The number of hydrogen-bond donors (Lipinski definition) is 1. The van der Waals surface area contributed by atoms with Crippen LogP contribution in [0.3, 0.4) is 0 Å². The van der Waals surface area contributed by atoms with Crippen LogP contribution in [0.25, 0.3) is 0 Å². The number of aromatic hydroxyl groups is 1. The molecule has 0 aromatic carbocycles. The molecule has 108 valence electrons. The zero-order valence-electron chi connectivity index (χ0n) is 10.8. The van der Waals surface area contributed by atoms with Gasteiger partial charge >= 0.3 is 0 Å². The largest absolute Gasteiger partial charge is 0.494 e. The van der Waals surface area contributed by atoms with Gasteiger partial charge in [-0.05, 0) is 18.3 Å². The van der Waals surface area contributed by atoms with Crippen LogP contribution >= 0.6 is 12.2 Å². The summed E-state index contributed by atoms with van der Waals surface area (Å²) in [5.74, 6) is -0.429. The van der Waals surface area contributed by atoms with Crippen LogP contribution in [0, 0.1) is 4.77 Å². The van der Waals surface area contributed by atoms with E-state index in [4.69, 9.17) is 12.2 Å². The van der Waals surface area contributed by atoms with Gasteiger partial charge in [-0.1, -0.05) is 0 Å². The number of hydrogen-bond acceptors (Lipinski definition) is 6. The van der Waals surface area contributed by atoms with Crippen molar-refractivity contribution in [2.45, 2.75) is 6.04 Å². The Labute approximate surface area is 120 Å². The van der Waals surface area contributed by atoms with E-state index in [0.29, 0.717) is 0 Å². The SMILES string of the molecule is Cn1c(O)c(C=N[C@@H]2C=CS(=O)(=O)C2)c(=O)n(C)c1=S. The van der Waals surface area contributed by atoms with Gasteiger partial charge in [-0.3, -0.25) is 18.9 Å². The van der Waals surface area contributed by atoms with E-state index < -0.39 is 21.4 Å². The molecule has 1 aromatic heterocycles. The van der Waals surface area contributed by atoms with Crippen molar-refractivity contribution in [2.75, 3.05) is 5.75 Å². The summed E-state index contributed by atoms with van der Waals surface area (Å²) in [6.07, 6.45) is 2.62. The van der Waals surface area contributed by atoms with Crippen LogP contribution in [0.15, 0.2) is 21.3 Å². The first kappa shape index (κ1) is 14.7. The molecule has 0 unspecified atom stereocenters. The third-order valence-corrected chi connectivity index (χ3v) is 4.90. The molecule has 2 heterocycles. The molecule has 1 N–H and O–H groups in total. The van der Waals surface area contributed by atoms with Crippen molar-refractivity contribution >= 4 is 28.3 Å². The maximum atomic E-state index is 12.0. The van der Waals surface area contributed by atoms with Gasteiger partial charge in [0.05, 0.1) is 11.8 Å². The van der Waals surface area contributed by atoms with E-state index in [2.05, 4.69) is 4.99 Å². The first-order chi connectivity index (χ1) is 9.23. The lowest BCUT2D eigenvalue weighted by molar-refractivity contribution is 0.414. The van der Waals surface area contributed by atoms with E-state index in [1.165, 1.54) is 35.5 Å². The summed E-state index contributed by atoms with van der Waals surface area (Å²) in [5, 5.41) is 11.0. The molecule has 0 bridgehead atoms. The summed E-state index contributed by atoms with van der Waals surface area (Å²) in [7, 11) is -0.195. The quantitative estimate of drug-likeness (QED) is 0.607. The van der Waals surface area contributed by atoms with Gasteiger partial charge < -0.3 is 5.11 Å². The highest BCUT2D eigenvalue weighted by atomic mass is 32.2. The summed E-state index contributed by atoms with van der Waals surface area (Å²) >= 11 is 4.98. The van der Waals surface area contributed by atoms with E-state index in [9.17, 15) is 18.3 Å². The molecule has 9 heteroatoms. The highest BCUT2D eigenvalue weighted by molar-refractivity contribution is 7.94. The lowest BCUT2D eigenvalue weighted by Crippen LogP contribution is -2.25. The lowest BCUT2D eigenvalue weighted by atomic mass is 10.3. The average Bonchev–Trinajstić information content (AvgIpc) is 2.73. The predicted octanol–water partition coefficient (Wildman–Crippen LogP) is -0.112. The molecule has 0 fully saturated rings. The van der Waals surface area contributed by atoms with Crippen molar-refractivity contribution in [3.63, 3.8) is 0 Å². The fourth-order valence-electron chi connectivity index (χ4n) is 1.79. The Morgan fingerprint density at radius 3 is 2.65 bits per heavy atom. The molecule has 0 saturated carbocycles. The van der Waals surface area contributed by atoms with Crippen molar-refractivity contribution in [1.29, 1.82) is 0 Å². The zero-order valence-corrected chi connectivity index (χ0v) is 12.5. The summed E-state index contributed by atoms with van der Waals surface area (Å²) in [6, 6.07) is -0.544. The topological polar surface area (TPSA) is 93.7 Å². The molecule has 2 rings (SSSR count). The lowest BCUT2D eigenvalue weighted by Gasteiger charge is -2.09. The highest BCUT2D eigenvalue weighted by Crippen LogP contribution is 2.13. The van der Waals surface area contributed by atoms with E-state index in [0.717, 1.165) is 5.41 Å². The van der Waals surface area contributed by atoms with Crippen LogP contribution < -0.4 is 5.56 Å². The molecule has 0 spiro atoms. The molecule has 0 amide bonds. The Kier molecular flexibility index (Phi) is 3.65. The van der Waals surface area contributed by atoms with Crippen molar-refractivity contribution in [3.8, 4) is 5.88 Å². The summed E-state index contributed by atoms with van der Waals surface area (Å²) < 4.78 is 25.1. The second-order valence-electron chi connectivity index (χ2n) is 4.45. The molecule has 20 heavy (non-hydrogen) atoms. The third-order valence-electron chi connectivity index (χ3n) is 2.97. The van der Waals surface area contributed by atoms with Gasteiger partial charge in [0.1, 0.15) is 5.56 Å². The molecule has 1 aliphatic rings. The predicted molar refractivity (Wildman–Crippen MR) is 77.5 cm³/mol. The fourth-order valence-corrected chi connectivity index (χ4v) is 3.17. The van der Waals surface area contributed by atoms with Gasteiger partial charge in [-0.25, -0.2) is 8.42 Å². The van der Waals surface area contributed by atoms with Crippen LogP contribution in [0.1, 0.15) is 5.56 Å². The minimum atomic E-state index is -3.21. The highest BCUT2D eigenvalue weighted by Gasteiger charge is 2.21. The zero-order chi connectivity index (χ0) is 15.1. The van der Waals surface area contributed by atoms with Crippen molar-refractivity contribution < 1.29 is 13.5 Å². The minimum absolute atomic E-state index is 0.0266. The molecule has 1 aromatic rings. The second-order valence-corrected chi connectivity index (χ2v) is 6.74. The van der Waals surface area contributed by atoms with E-state index in [1.54, 1.807) is 0 Å². The van der Waals surface area contributed by atoms with Crippen molar-refractivity contribution in [3.05, 3.63) is 32.2 Å². The fraction of sp³-hybridized carbons (Fsp3) is 0.364. The van der Waals surface area contributed by atoms with Crippen LogP contribution in [0.2, 0.25) is 0 Å². The average molecular weight is 315 g/mol. The standard InChI is InChI=1S/C11H13N3O4S2/c1-13-9(15)8(10(16)14(2)11(13)19)5-12-7-3-4-20(17,18)6-7/h3-5,7,15H,6H2,1-2H3/t7-/m1/s1. The van der Waals surface area contributed by atoms with Crippen molar-refractivity contribution in [2.24, 2.45) is 19.1 Å². The van der Waals surface area contributed by atoms with Crippen LogP contribution in [-0.2, 0) is 23.9 Å². The number of rotatable bonds is 2. The minimum Gasteiger partial charge on any atom is -0.494 e. The van der Waals surface area contributed by atoms with Gasteiger partial charge in [-0.2, -0.15) is 0 Å². The van der Waals surface area contributed by atoms with Crippen LogP contribution in [0.5, 0.6) is 5.88 Å². The van der Waals surface area contributed by atoms with E-state index >= 15 is 0 Å². The first-order valence-electron chi connectivity index (χ1n) is 5.66. The molecule has 1 atom stereocenters. The Morgan fingerprint density at radius 2 is 2.10 bits per heavy atom.